The van der Waals surface area contributed by atoms with Gasteiger partial charge in [0, 0.05) is 23.4 Å². The highest BCUT2D eigenvalue weighted by Crippen LogP contribution is 2.30. The second kappa shape index (κ2) is 7.90. The normalized spacial score (nSPS) is 12.9. The average Bonchev–Trinajstić information content (AvgIpc) is 3.47. The van der Waals surface area contributed by atoms with Gasteiger partial charge in [0.25, 0.3) is 5.91 Å². The molecule has 0 spiro atoms. The van der Waals surface area contributed by atoms with Gasteiger partial charge < -0.3 is 20.5 Å². The van der Waals surface area contributed by atoms with E-state index < -0.39 is 11.9 Å². The number of rotatable bonds is 7. The van der Waals surface area contributed by atoms with E-state index in [1.165, 1.54) is 12.1 Å². The third-order valence-corrected chi connectivity index (χ3v) is 4.18. The first-order valence-electron chi connectivity index (χ1n) is 8.60. The van der Waals surface area contributed by atoms with Gasteiger partial charge in [-0.1, -0.05) is 12.1 Å². The minimum atomic E-state index is -1.06. The summed E-state index contributed by atoms with van der Waals surface area (Å²) < 4.78 is 5.48. The molecule has 7 nitrogen and oxygen atoms in total. The Labute approximate surface area is 156 Å². The van der Waals surface area contributed by atoms with Crippen LogP contribution in [0.1, 0.15) is 28.8 Å². The zero-order valence-corrected chi connectivity index (χ0v) is 14.8. The molecule has 0 aromatic heterocycles. The Balaban J connectivity index is 1.57. The molecule has 27 heavy (non-hydrogen) atoms. The minimum absolute atomic E-state index is 0.00122. The summed E-state index contributed by atoms with van der Waals surface area (Å²) in [4.78, 5) is 35.0. The molecule has 140 valence electrons. The Morgan fingerprint density at radius 3 is 2.59 bits per heavy atom. The Morgan fingerprint density at radius 2 is 1.89 bits per heavy atom. The zero-order valence-electron chi connectivity index (χ0n) is 14.8. The zero-order chi connectivity index (χ0) is 19.4. The van der Waals surface area contributed by atoms with Crippen LogP contribution in [0.25, 0.3) is 0 Å². The minimum Gasteiger partial charge on any atom is -0.484 e. The number of nitrogens with one attached hydrogen (secondary N) is 2. The fourth-order valence-corrected chi connectivity index (χ4v) is 2.48. The number of carboxylic acid groups (broad SMARTS) is 1. The molecular weight excluding hydrogens is 348 g/mol. The summed E-state index contributed by atoms with van der Waals surface area (Å²) in [7, 11) is 0. The molecule has 0 unspecified atom stereocenters. The molecule has 2 aromatic rings. The van der Waals surface area contributed by atoms with E-state index in [1.54, 1.807) is 37.3 Å². The van der Waals surface area contributed by atoms with Crippen molar-refractivity contribution in [2.24, 2.45) is 5.92 Å². The number of amides is 2. The van der Waals surface area contributed by atoms with E-state index in [0.29, 0.717) is 17.1 Å². The quantitative estimate of drug-likeness (QED) is 0.697. The maximum absolute atomic E-state index is 12.1. The van der Waals surface area contributed by atoms with E-state index in [0.717, 1.165) is 18.4 Å². The van der Waals surface area contributed by atoms with Crippen LogP contribution in [0.4, 0.5) is 11.4 Å². The number of hydrogen-bond acceptors (Lipinski definition) is 4. The topological polar surface area (TPSA) is 105 Å². The number of hydrogen-bond donors (Lipinski definition) is 3. The van der Waals surface area contributed by atoms with Crippen molar-refractivity contribution in [3.8, 4) is 5.75 Å². The Morgan fingerprint density at radius 1 is 1.11 bits per heavy atom. The van der Waals surface area contributed by atoms with E-state index in [9.17, 15) is 14.4 Å². The summed E-state index contributed by atoms with van der Waals surface area (Å²) in [6.45, 7) is 1.53. The first-order valence-corrected chi connectivity index (χ1v) is 8.60. The van der Waals surface area contributed by atoms with Gasteiger partial charge in [-0.25, -0.2) is 4.79 Å². The van der Waals surface area contributed by atoms with Gasteiger partial charge in [0.05, 0.1) is 5.56 Å². The van der Waals surface area contributed by atoms with E-state index in [1.807, 2.05) is 0 Å². The fraction of sp³-hybridized carbons (Fsp3) is 0.250. The van der Waals surface area contributed by atoms with Crippen molar-refractivity contribution in [1.29, 1.82) is 0 Å². The van der Waals surface area contributed by atoms with Crippen molar-refractivity contribution in [1.82, 2.24) is 0 Å². The molecular formula is C20H20N2O5. The number of carbonyl (C=O) groups excluding carboxylic acids is 2. The van der Waals surface area contributed by atoms with E-state index in [2.05, 4.69) is 10.6 Å². The number of aryl methyl sites for hydroxylation is 1. The largest absolute Gasteiger partial charge is 0.484 e. The Hall–Kier alpha value is -3.35. The van der Waals surface area contributed by atoms with Crippen molar-refractivity contribution in [2.75, 3.05) is 17.2 Å². The maximum Gasteiger partial charge on any atom is 0.335 e. The lowest BCUT2D eigenvalue weighted by molar-refractivity contribution is -0.118. The van der Waals surface area contributed by atoms with Crippen LogP contribution in [0, 0.1) is 12.8 Å². The van der Waals surface area contributed by atoms with Gasteiger partial charge in [-0.15, -0.1) is 0 Å². The smallest absolute Gasteiger partial charge is 0.335 e. The molecule has 1 aliphatic carbocycles. The van der Waals surface area contributed by atoms with Crippen LogP contribution in [0.15, 0.2) is 42.5 Å². The predicted octanol–water partition coefficient (Wildman–Crippen LogP) is 3.06. The third kappa shape index (κ3) is 5.07. The average molecular weight is 368 g/mol. The van der Waals surface area contributed by atoms with Gasteiger partial charge in [-0.05, 0) is 49.6 Å². The lowest BCUT2D eigenvalue weighted by Gasteiger charge is -2.11. The molecule has 0 bridgehead atoms. The van der Waals surface area contributed by atoms with E-state index in [4.69, 9.17) is 9.84 Å². The summed E-state index contributed by atoms with van der Waals surface area (Å²) in [5, 5.41) is 14.5. The molecule has 1 fully saturated rings. The molecule has 3 N–H and O–H groups in total. The van der Waals surface area contributed by atoms with E-state index in [-0.39, 0.29) is 24.0 Å². The van der Waals surface area contributed by atoms with Crippen LogP contribution < -0.4 is 15.4 Å². The number of carbonyl (C=O) groups is 3. The number of ether oxygens (including phenoxy) is 1. The SMILES string of the molecule is Cc1ccc(C(=O)O)cc1NC(=O)COc1cccc(NC(=O)C2CC2)c1. The summed E-state index contributed by atoms with van der Waals surface area (Å²) in [5.74, 6) is -0.918. The van der Waals surface area contributed by atoms with Crippen molar-refractivity contribution in [2.45, 2.75) is 19.8 Å². The standard InChI is InChI=1S/C20H20N2O5/c1-12-5-6-14(20(25)26)9-17(12)22-18(23)11-27-16-4-2-3-15(10-16)21-19(24)13-7-8-13/h2-6,9-10,13H,7-8,11H2,1H3,(H,21,24)(H,22,23)(H,25,26). The number of aromatic carboxylic acids is 1. The molecule has 0 atom stereocenters. The van der Waals surface area contributed by atoms with Crippen molar-refractivity contribution in [3.05, 3.63) is 53.6 Å². The lowest BCUT2D eigenvalue weighted by atomic mass is 10.1. The molecule has 0 aliphatic heterocycles. The summed E-state index contributed by atoms with van der Waals surface area (Å²) >= 11 is 0. The van der Waals surface area contributed by atoms with Crippen molar-refractivity contribution < 1.29 is 24.2 Å². The summed E-state index contributed by atoms with van der Waals surface area (Å²) in [6.07, 6.45) is 1.84. The third-order valence-electron chi connectivity index (χ3n) is 4.18. The molecule has 2 amide bonds. The molecule has 0 saturated heterocycles. The van der Waals surface area contributed by atoms with Crippen molar-refractivity contribution >= 4 is 29.2 Å². The maximum atomic E-state index is 12.1. The second-order valence-electron chi connectivity index (χ2n) is 6.46. The van der Waals surface area contributed by atoms with Gasteiger partial charge in [0.1, 0.15) is 5.75 Å². The highest BCUT2D eigenvalue weighted by atomic mass is 16.5. The van der Waals surface area contributed by atoms with Crippen LogP contribution in [0.3, 0.4) is 0 Å². The van der Waals surface area contributed by atoms with Crippen LogP contribution in [-0.4, -0.2) is 29.5 Å². The van der Waals surface area contributed by atoms with Crippen LogP contribution in [-0.2, 0) is 9.59 Å². The number of anilines is 2. The Kier molecular flexibility index (Phi) is 5.40. The molecule has 2 aromatic carbocycles. The fourth-order valence-electron chi connectivity index (χ4n) is 2.48. The van der Waals surface area contributed by atoms with Gasteiger partial charge in [-0.2, -0.15) is 0 Å². The predicted molar refractivity (Wildman–Crippen MR) is 100 cm³/mol. The highest BCUT2D eigenvalue weighted by molar-refractivity contribution is 5.96. The van der Waals surface area contributed by atoms with Crippen LogP contribution in [0.2, 0.25) is 0 Å². The monoisotopic (exact) mass is 368 g/mol. The lowest BCUT2D eigenvalue weighted by Crippen LogP contribution is -2.21. The molecule has 1 aliphatic rings. The highest BCUT2D eigenvalue weighted by Gasteiger charge is 2.29. The van der Waals surface area contributed by atoms with Crippen LogP contribution >= 0.6 is 0 Å². The second-order valence-corrected chi connectivity index (χ2v) is 6.46. The molecule has 1 saturated carbocycles. The molecule has 0 radical (unpaired) electrons. The van der Waals surface area contributed by atoms with Gasteiger partial charge in [0.15, 0.2) is 6.61 Å². The number of benzene rings is 2. The first kappa shape index (κ1) is 18.4. The Bertz CT molecular complexity index is 890. The van der Waals surface area contributed by atoms with Gasteiger partial charge >= 0.3 is 5.97 Å². The molecule has 3 rings (SSSR count). The summed E-state index contributed by atoms with van der Waals surface area (Å²) in [5.41, 5.74) is 1.89. The molecule has 0 heterocycles. The number of carboxylic acids is 1. The first-order chi connectivity index (χ1) is 12.9. The summed E-state index contributed by atoms with van der Waals surface area (Å²) in [6, 6.07) is 11.4. The van der Waals surface area contributed by atoms with Crippen LogP contribution in [0.5, 0.6) is 5.75 Å². The van der Waals surface area contributed by atoms with Crippen molar-refractivity contribution in [3.63, 3.8) is 0 Å². The van der Waals surface area contributed by atoms with Gasteiger partial charge in [-0.3, -0.25) is 9.59 Å². The molecule has 7 heteroatoms. The van der Waals surface area contributed by atoms with E-state index >= 15 is 0 Å². The van der Waals surface area contributed by atoms with Gasteiger partial charge in [0.2, 0.25) is 5.91 Å².